The van der Waals surface area contributed by atoms with Crippen molar-refractivity contribution in [3.8, 4) is 0 Å². The fraction of sp³-hybridized carbons (Fsp3) is 0.600. The zero-order valence-electron chi connectivity index (χ0n) is 7.56. The molecule has 0 heterocycles. The van der Waals surface area contributed by atoms with Gasteiger partial charge in [0.1, 0.15) is 10.8 Å². The van der Waals surface area contributed by atoms with Crippen molar-refractivity contribution in [3.63, 3.8) is 0 Å². The molecule has 4 heteroatoms. The van der Waals surface area contributed by atoms with Crippen LogP contribution in [0.4, 0.5) is 0 Å². The molecular formula is C10H10Cl2O2. The first-order chi connectivity index (χ1) is 6.63. The summed E-state index contributed by atoms with van der Waals surface area (Å²) >= 11 is 11.6. The topological polar surface area (TPSA) is 34.1 Å². The molecule has 0 aromatic carbocycles. The predicted molar refractivity (Wildman–Crippen MR) is 54.8 cm³/mol. The molecule has 0 bridgehead atoms. The van der Waals surface area contributed by atoms with Crippen LogP contribution in [0.1, 0.15) is 25.7 Å². The molecule has 2 aliphatic rings. The Bertz CT molecular complexity index is 301. The lowest BCUT2D eigenvalue weighted by Crippen LogP contribution is -2.40. The van der Waals surface area contributed by atoms with Crippen molar-refractivity contribution in [3.05, 3.63) is 11.1 Å². The monoisotopic (exact) mass is 232 g/mol. The van der Waals surface area contributed by atoms with Crippen LogP contribution in [0, 0.1) is 0 Å². The summed E-state index contributed by atoms with van der Waals surface area (Å²) in [7, 11) is 0. The maximum absolute atomic E-state index is 11.7. The SMILES string of the molecule is O=C1C2=C(CCCC2)C(=O)C(Cl)C1Cl. The highest BCUT2D eigenvalue weighted by atomic mass is 35.5. The number of carbonyl (C=O) groups excluding carboxylic acids is 2. The lowest BCUT2D eigenvalue weighted by atomic mass is 9.80. The van der Waals surface area contributed by atoms with Crippen molar-refractivity contribution >= 4 is 34.8 Å². The lowest BCUT2D eigenvalue weighted by Gasteiger charge is -2.28. The van der Waals surface area contributed by atoms with Gasteiger partial charge in [0.15, 0.2) is 11.6 Å². The van der Waals surface area contributed by atoms with E-state index in [2.05, 4.69) is 0 Å². The van der Waals surface area contributed by atoms with Gasteiger partial charge in [-0.3, -0.25) is 9.59 Å². The van der Waals surface area contributed by atoms with E-state index < -0.39 is 10.8 Å². The van der Waals surface area contributed by atoms with Gasteiger partial charge in [-0.25, -0.2) is 0 Å². The van der Waals surface area contributed by atoms with Gasteiger partial charge >= 0.3 is 0 Å². The minimum absolute atomic E-state index is 0.138. The van der Waals surface area contributed by atoms with E-state index in [0.717, 1.165) is 12.8 Å². The molecule has 0 aromatic rings. The Hall–Kier alpha value is -0.340. The Morgan fingerprint density at radius 1 is 0.857 bits per heavy atom. The van der Waals surface area contributed by atoms with Crippen LogP contribution in [0.3, 0.4) is 0 Å². The maximum Gasteiger partial charge on any atom is 0.179 e. The number of hydrogen-bond acceptors (Lipinski definition) is 2. The Balaban J connectivity index is 2.45. The highest BCUT2D eigenvalue weighted by molar-refractivity contribution is 6.48. The van der Waals surface area contributed by atoms with Crippen LogP contribution in [0.15, 0.2) is 11.1 Å². The molecule has 2 rings (SSSR count). The summed E-state index contributed by atoms with van der Waals surface area (Å²) in [5.74, 6) is -0.276. The van der Waals surface area contributed by atoms with Crippen LogP contribution in [0.5, 0.6) is 0 Å². The van der Waals surface area contributed by atoms with E-state index in [9.17, 15) is 9.59 Å². The largest absolute Gasteiger partial charge is 0.293 e. The summed E-state index contributed by atoms with van der Waals surface area (Å²) in [6, 6.07) is 0. The van der Waals surface area contributed by atoms with Crippen molar-refractivity contribution in [2.75, 3.05) is 0 Å². The molecule has 0 amide bonds. The van der Waals surface area contributed by atoms with Gasteiger partial charge in [-0.05, 0) is 25.7 Å². The molecule has 2 aliphatic carbocycles. The van der Waals surface area contributed by atoms with Crippen molar-refractivity contribution in [2.45, 2.75) is 36.4 Å². The second-order valence-corrected chi connectivity index (χ2v) is 4.64. The van der Waals surface area contributed by atoms with E-state index in [1.54, 1.807) is 0 Å². The molecule has 0 aliphatic heterocycles. The molecule has 2 unspecified atom stereocenters. The third kappa shape index (κ3) is 1.41. The van der Waals surface area contributed by atoms with Gasteiger partial charge in [0, 0.05) is 11.1 Å². The molecule has 0 fully saturated rings. The highest BCUT2D eigenvalue weighted by Gasteiger charge is 2.41. The third-order valence-corrected chi connectivity index (χ3v) is 3.85. The Morgan fingerprint density at radius 2 is 1.21 bits per heavy atom. The maximum atomic E-state index is 11.7. The number of halogens is 2. The van der Waals surface area contributed by atoms with E-state index in [0.29, 0.717) is 24.0 Å². The first kappa shape index (κ1) is 10.2. The smallest absolute Gasteiger partial charge is 0.179 e. The van der Waals surface area contributed by atoms with Crippen molar-refractivity contribution < 1.29 is 9.59 Å². The standard InChI is InChI=1S/C10H10Cl2O2/c11-7-8(12)10(14)6-4-2-1-3-5(6)9(7)13/h7-8H,1-4H2. The Labute approximate surface area is 92.3 Å². The predicted octanol–water partition coefficient (Wildman–Crippen LogP) is 2.22. The zero-order valence-corrected chi connectivity index (χ0v) is 9.07. The summed E-state index contributed by atoms with van der Waals surface area (Å²) in [4.78, 5) is 23.4. The van der Waals surface area contributed by atoms with E-state index in [-0.39, 0.29) is 11.6 Å². The second kappa shape index (κ2) is 3.67. The number of allylic oxidation sites excluding steroid dienone is 2. The quantitative estimate of drug-likeness (QED) is 0.601. The normalized spacial score (nSPS) is 33.3. The third-order valence-electron chi connectivity index (χ3n) is 2.82. The molecular weight excluding hydrogens is 223 g/mol. The first-order valence-electron chi connectivity index (χ1n) is 4.71. The number of alkyl halides is 2. The summed E-state index contributed by atoms with van der Waals surface area (Å²) in [6.45, 7) is 0. The number of ketones is 2. The number of rotatable bonds is 0. The highest BCUT2D eigenvalue weighted by Crippen LogP contribution is 2.35. The van der Waals surface area contributed by atoms with Crippen LogP contribution in [0.25, 0.3) is 0 Å². The fourth-order valence-corrected chi connectivity index (χ4v) is 2.54. The molecule has 0 spiro atoms. The minimum Gasteiger partial charge on any atom is -0.293 e. The van der Waals surface area contributed by atoms with Gasteiger partial charge in [0.25, 0.3) is 0 Å². The first-order valence-corrected chi connectivity index (χ1v) is 5.59. The van der Waals surface area contributed by atoms with Gasteiger partial charge in [-0.15, -0.1) is 23.2 Å². The van der Waals surface area contributed by atoms with Crippen molar-refractivity contribution in [1.29, 1.82) is 0 Å². The molecule has 14 heavy (non-hydrogen) atoms. The molecule has 2 nitrogen and oxygen atoms in total. The van der Waals surface area contributed by atoms with Crippen molar-refractivity contribution in [1.82, 2.24) is 0 Å². The zero-order chi connectivity index (χ0) is 10.3. The summed E-state index contributed by atoms with van der Waals surface area (Å²) in [5.41, 5.74) is 1.27. The average molecular weight is 233 g/mol. The molecule has 0 saturated carbocycles. The van der Waals surface area contributed by atoms with E-state index in [4.69, 9.17) is 23.2 Å². The average Bonchev–Trinajstić information content (AvgIpc) is 2.23. The van der Waals surface area contributed by atoms with Crippen LogP contribution in [-0.2, 0) is 9.59 Å². The van der Waals surface area contributed by atoms with Gasteiger partial charge in [-0.1, -0.05) is 0 Å². The van der Waals surface area contributed by atoms with Gasteiger partial charge in [0.2, 0.25) is 0 Å². The molecule has 76 valence electrons. The Kier molecular flexibility index (Phi) is 2.67. The number of carbonyl (C=O) groups is 2. The number of hydrogen-bond donors (Lipinski definition) is 0. The summed E-state index contributed by atoms with van der Waals surface area (Å²) in [6.07, 6.45) is 3.31. The van der Waals surface area contributed by atoms with Gasteiger partial charge in [0.05, 0.1) is 0 Å². The minimum atomic E-state index is -0.860. The molecule has 0 saturated heterocycles. The van der Waals surface area contributed by atoms with Gasteiger partial charge in [-0.2, -0.15) is 0 Å². The van der Waals surface area contributed by atoms with Crippen LogP contribution < -0.4 is 0 Å². The second-order valence-electron chi connectivity index (χ2n) is 3.70. The number of Topliss-reactive ketones (excluding diaryl/α,β-unsaturated/α-hetero) is 2. The van der Waals surface area contributed by atoms with E-state index in [1.165, 1.54) is 0 Å². The fourth-order valence-electron chi connectivity index (χ4n) is 2.05. The van der Waals surface area contributed by atoms with Crippen LogP contribution in [-0.4, -0.2) is 22.3 Å². The van der Waals surface area contributed by atoms with Crippen LogP contribution in [0.2, 0.25) is 0 Å². The molecule has 0 N–H and O–H groups in total. The van der Waals surface area contributed by atoms with E-state index in [1.807, 2.05) is 0 Å². The molecule has 2 atom stereocenters. The lowest BCUT2D eigenvalue weighted by molar-refractivity contribution is -0.122. The molecule has 0 radical (unpaired) electrons. The van der Waals surface area contributed by atoms with Crippen molar-refractivity contribution in [2.24, 2.45) is 0 Å². The summed E-state index contributed by atoms with van der Waals surface area (Å²) < 4.78 is 0. The van der Waals surface area contributed by atoms with Gasteiger partial charge < -0.3 is 0 Å². The van der Waals surface area contributed by atoms with Crippen LogP contribution >= 0.6 is 23.2 Å². The Morgan fingerprint density at radius 3 is 1.57 bits per heavy atom. The summed E-state index contributed by atoms with van der Waals surface area (Å²) in [5, 5.41) is -1.72. The molecule has 0 aromatic heterocycles. The van der Waals surface area contributed by atoms with E-state index >= 15 is 0 Å².